The number of rotatable bonds is 6. The van der Waals surface area contributed by atoms with Gasteiger partial charge in [0.25, 0.3) is 0 Å². The smallest absolute Gasteiger partial charge is 0.223 e. The van der Waals surface area contributed by atoms with E-state index in [2.05, 4.69) is 21.2 Å². The number of carbonyl (C=O) groups excluding carboxylic acids is 2. The van der Waals surface area contributed by atoms with Gasteiger partial charge in [0, 0.05) is 16.6 Å². The maximum absolute atomic E-state index is 11.2. The van der Waals surface area contributed by atoms with Crippen molar-refractivity contribution in [2.75, 3.05) is 13.2 Å². The fraction of sp³-hybridized carbons (Fsp3) is 0.333. The Morgan fingerprint density at radius 3 is 2.94 bits per heavy atom. The van der Waals surface area contributed by atoms with Crippen LogP contribution in [0.3, 0.4) is 0 Å². The van der Waals surface area contributed by atoms with E-state index in [9.17, 15) is 9.59 Å². The Kier molecular flexibility index (Phi) is 5.69. The van der Waals surface area contributed by atoms with Crippen molar-refractivity contribution in [1.82, 2.24) is 5.32 Å². The van der Waals surface area contributed by atoms with Gasteiger partial charge in [-0.25, -0.2) is 0 Å². The summed E-state index contributed by atoms with van der Waals surface area (Å²) in [5.41, 5.74) is 0.528. The molecule has 0 radical (unpaired) electrons. The quantitative estimate of drug-likeness (QED) is 0.819. The molecular formula is C12H14BrNO3. The lowest BCUT2D eigenvalue weighted by molar-refractivity contribution is -0.121. The van der Waals surface area contributed by atoms with Crippen LogP contribution in [-0.2, 0) is 4.79 Å². The average Bonchev–Trinajstić information content (AvgIpc) is 2.31. The van der Waals surface area contributed by atoms with Gasteiger partial charge in [-0.2, -0.15) is 0 Å². The minimum Gasteiger partial charge on any atom is -0.493 e. The SMILES string of the molecule is CCNC(=O)CCOc1ccc(Br)c(C=O)c1. The summed E-state index contributed by atoms with van der Waals surface area (Å²) in [6.45, 7) is 2.78. The molecule has 1 rings (SSSR count). The van der Waals surface area contributed by atoms with Crippen molar-refractivity contribution in [2.45, 2.75) is 13.3 Å². The Hall–Kier alpha value is -1.36. The second kappa shape index (κ2) is 7.06. The van der Waals surface area contributed by atoms with Crippen molar-refractivity contribution in [1.29, 1.82) is 0 Å². The van der Waals surface area contributed by atoms with E-state index in [4.69, 9.17) is 4.74 Å². The van der Waals surface area contributed by atoms with Crippen molar-refractivity contribution >= 4 is 28.1 Å². The van der Waals surface area contributed by atoms with Crippen molar-refractivity contribution in [3.05, 3.63) is 28.2 Å². The van der Waals surface area contributed by atoms with Crippen LogP contribution in [0.25, 0.3) is 0 Å². The first kappa shape index (κ1) is 13.7. The summed E-state index contributed by atoms with van der Waals surface area (Å²) in [6.07, 6.45) is 1.06. The van der Waals surface area contributed by atoms with E-state index in [1.807, 2.05) is 6.92 Å². The van der Waals surface area contributed by atoms with Crippen molar-refractivity contribution in [3.8, 4) is 5.75 Å². The summed E-state index contributed by atoms with van der Waals surface area (Å²) in [7, 11) is 0. The summed E-state index contributed by atoms with van der Waals surface area (Å²) < 4.78 is 6.11. The molecule has 0 aliphatic rings. The molecule has 4 nitrogen and oxygen atoms in total. The van der Waals surface area contributed by atoms with E-state index in [1.165, 1.54) is 0 Å². The Bertz CT molecular complexity index is 407. The largest absolute Gasteiger partial charge is 0.493 e. The lowest BCUT2D eigenvalue weighted by Crippen LogP contribution is -2.24. The Balaban J connectivity index is 2.47. The lowest BCUT2D eigenvalue weighted by atomic mass is 10.2. The van der Waals surface area contributed by atoms with Crippen LogP contribution in [0, 0.1) is 0 Å². The average molecular weight is 300 g/mol. The molecule has 0 aliphatic heterocycles. The Labute approximate surface area is 108 Å². The van der Waals surface area contributed by atoms with Gasteiger partial charge in [-0.1, -0.05) is 15.9 Å². The third-order valence-electron chi connectivity index (χ3n) is 2.07. The molecule has 92 valence electrons. The van der Waals surface area contributed by atoms with E-state index < -0.39 is 0 Å². The van der Waals surface area contributed by atoms with Crippen molar-refractivity contribution in [2.24, 2.45) is 0 Å². The Morgan fingerprint density at radius 2 is 2.29 bits per heavy atom. The zero-order valence-electron chi connectivity index (χ0n) is 9.53. The molecule has 0 aromatic heterocycles. The maximum Gasteiger partial charge on any atom is 0.223 e. The van der Waals surface area contributed by atoms with Crippen molar-refractivity contribution in [3.63, 3.8) is 0 Å². The number of aldehydes is 1. The van der Waals surface area contributed by atoms with E-state index >= 15 is 0 Å². The fourth-order valence-corrected chi connectivity index (χ4v) is 1.59. The van der Waals surface area contributed by atoms with Gasteiger partial charge in [0.1, 0.15) is 5.75 Å². The normalized spacial score (nSPS) is 9.76. The second-order valence-corrected chi connectivity index (χ2v) is 4.21. The highest BCUT2D eigenvalue weighted by Gasteiger charge is 2.03. The summed E-state index contributed by atoms with van der Waals surface area (Å²) >= 11 is 3.25. The first-order valence-electron chi connectivity index (χ1n) is 5.31. The molecular weight excluding hydrogens is 286 g/mol. The van der Waals surface area contributed by atoms with Crippen molar-refractivity contribution < 1.29 is 14.3 Å². The summed E-state index contributed by atoms with van der Waals surface area (Å²) in [6, 6.07) is 5.12. The second-order valence-electron chi connectivity index (χ2n) is 3.35. The number of nitrogens with one attached hydrogen (secondary N) is 1. The molecule has 5 heteroatoms. The molecule has 0 heterocycles. The van der Waals surface area contributed by atoms with E-state index in [-0.39, 0.29) is 5.91 Å². The van der Waals surface area contributed by atoms with Gasteiger partial charge in [0.05, 0.1) is 13.0 Å². The monoisotopic (exact) mass is 299 g/mol. The number of hydrogen-bond acceptors (Lipinski definition) is 3. The molecule has 17 heavy (non-hydrogen) atoms. The number of hydrogen-bond donors (Lipinski definition) is 1. The molecule has 1 amide bonds. The third kappa shape index (κ3) is 4.56. The highest BCUT2D eigenvalue weighted by atomic mass is 79.9. The molecule has 1 aromatic rings. The maximum atomic E-state index is 11.2. The minimum atomic E-state index is -0.0415. The molecule has 0 spiro atoms. The van der Waals surface area contributed by atoms with Crippen LogP contribution < -0.4 is 10.1 Å². The van der Waals surface area contributed by atoms with Crippen LogP contribution in [0.15, 0.2) is 22.7 Å². The van der Waals surface area contributed by atoms with Crippen LogP contribution in [0.1, 0.15) is 23.7 Å². The molecule has 0 bridgehead atoms. The molecule has 0 saturated heterocycles. The molecule has 0 fully saturated rings. The summed E-state index contributed by atoms with van der Waals surface area (Å²) in [5, 5.41) is 2.68. The first-order chi connectivity index (χ1) is 8.17. The van der Waals surface area contributed by atoms with Crippen LogP contribution in [0.2, 0.25) is 0 Å². The van der Waals surface area contributed by atoms with E-state index in [0.717, 1.165) is 10.8 Å². The molecule has 1 N–H and O–H groups in total. The molecule has 1 aromatic carbocycles. The topological polar surface area (TPSA) is 55.4 Å². The highest BCUT2D eigenvalue weighted by molar-refractivity contribution is 9.10. The molecule has 0 aliphatic carbocycles. The molecule has 0 atom stereocenters. The van der Waals surface area contributed by atoms with Crippen LogP contribution in [-0.4, -0.2) is 25.3 Å². The minimum absolute atomic E-state index is 0.0415. The standard InChI is InChI=1S/C12H14BrNO3/c1-2-14-12(16)5-6-17-10-3-4-11(13)9(7-10)8-15/h3-4,7-8H,2,5-6H2,1H3,(H,14,16). The zero-order valence-corrected chi connectivity index (χ0v) is 11.1. The van der Waals surface area contributed by atoms with Gasteiger partial charge < -0.3 is 10.1 Å². The van der Waals surface area contributed by atoms with Crippen LogP contribution in [0.4, 0.5) is 0 Å². The fourth-order valence-electron chi connectivity index (χ4n) is 1.25. The molecule has 0 saturated carbocycles. The number of halogens is 1. The van der Waals surface area contributed by atoms with Gasteiger partial charge in [-0.3, -0.25) is 9.59 Å². The predicted molar refractivity (Wildman–Crippen MR) is 68.3 cm³/mol. The lowest BCUT2D eigenvalue weighted by Gasteiger charge is -2.07. The zero-order chi connectivity index (χ0) is 12.7. The number of ether oxygens (including phenoxy) is 1. The summed E-state index contributed by atoms with van der Waals surface area (Å²) in [4.78, 5) is 21.9. The Morgan fingerprint density at radius 1 is 1.53 bits per heavy atom. The first-order valence-corrected chi connectivity index (χ1v) is 6.11. The van der Waals surface area contributed by atoms with Gasteiger partial charge in [-0.05, 0) is 25.1 Å². The van der Waals surface area contributed by atoms with E-state index in [0.29, 0.717) is 30.9 Å². The molecule has 0 unspecified atom stereocenters. The van der Waals surface area contributed by atoms with Crippen LogP contribution >= 0.6 is 15.9 Å². The number of carbonyl (C=O) groups is 2. The number of amides is 1. The third-order valence-corrected chi connectivity index (χ3v) is 2.79. The summed E-state index contributed by atoms with van der Waals surface area (Å²) in [5.74, 6) is 0.542. The van der Waals surface area contributed by atoms with Crippen LogP contribution in [0.5, 0.6) is 5.75 Å². The van der Waals surface area contributed by atoms with Gasteiger partial charge in [0.2, 0.25) is 5.91 Å². The predicted octanol–water partition coefficient (Wildman–Crippen LogP) is 2.17. The van der Waals surface area contributed by atoms with Gasteiger partial charge >= 0.3 is 0 Å². The number of benzene rings is 1. The van der Waals surface area contributed by atoms with E-state index in [1.54, 1.807) is 18.2 Å². The highest BCUT2D eigenvalue weighted by Crippen LogP contribution is 2.21. The van der Waals surface area contributed by atoms with Gasteiger partial charge in [-0.15, -0.1) is 0 Å². The van der Waals surface area contributed by atoms with Gasteiger partial charge in [0.15, 0.2) is 6.29 Å².